The molecule has 2 aromatic heterocycles. The van der Waals surface area contributed by atoms with Crippen LogP contribution in [-0.2, 0) is 13.1 Å². The lowest BCUT2D eigenvalue weighted by Crippen LogP contribution is -2.12. The number of hydrogen-bond acceptors (Lipinski definition) is 5. The van der Waals surface area contributed by atoms with Crippen LogP contribution in [0.2, 0.25) is 0 Å². The standard InChI is InChI=1S/C12H18N6/c1-4-18-9-13-6-10(18)7-14-11-5-12(17(2)3)16-8-15-11/h5-6,8-9H,4,7H2,1-3H3,(H,14,15,16). The zero-order valence-corrected chi connectivity index (χ0v) is 11.0. The van der Waals surface area contributed by atoms with Crippen molar-refractivity contribution >= 4 is 11.6 Å². The summed E-state index contributed by atoms with van der Waals surface area (Å²) >= 11 is 0. The molecule has 0 amide bonds. The molecule has 0 bridgehead atoms. The number of rotatable bonds is 5. The summed E-state index contributed by atoms with van der Waals surface area (Å²) in [6.45, 7) is 3.72. The first-order valence-electron chi connectivity index (χ1n) is 5.93. The molecule has 6 heteroatoms. The van der Waals surface area contributed by atoms with Gasteiger partial charge in [-0.2, -0.15) is 0 Å². The second-order valence-electron chi connectivity index (χ2n) is 4.18. The van der Waals surface area contributed by atoms with Gasteiger partial charge in [0.05, 0.1) is 18.6 Å². The summed E-state index contributed by atoms with van der Waals surface area (Å²) in [6.07, 6.45) is 5.27. The molecule has 0 aliphatic rings. The van der Waals surface area contributed by atoms with E-state index in [9.17, 15) is 0 Å². The van der Waals surface area contributed by atoms with Crippen molar-refractivity contribution in [3.8, 4) is 0 Å². The zero-order chi connectivity index (χ0) is 13.0. The number of anilines is 2. The highest BCUT2D eigenvalue weighted by Crippen LogP contribution is 2.12. The number of aryl methyl sites for hydroxylation is 1. The molecule has 2 rings (SSSR count). The van der Waals surface area contributed by atoms with Crippen molar-refractivity contribution in [3.63, 3.8) is 0 Å². The van der Waals surface area contributed by atoms with Crippen LogP contribution in [0.1, 0.15) is 12.6 Å². The van der Waals surface area contributed by atoms with Crippen LogP contribution in [0, 0.1) is 0 Å². The summed E-state index contributed by atoms with van der Waals surface area (Å²) in [5.41, 5.74) is 1.14. The Morgan fingerprint density at radius 1 is 1.33 bits per heavy atom. The molecule has 0 aliphatic carbocycles. The number of hydrogen-bond donors (Lipinski definition) is 1. The van der Waals surface area contributed by atoms with E-state index < -0.39 is 0 Å². The molecule has 6 nitrogen and oxygen atoms in total. The maximum atomic E-state index is 4.20. The SMILES string of the molecule is CCn1cncc1CNc1cc(N(C)C)ncn1. The second kappa shape index (κ2) is 5.48. The van der Waals surface area contributed by atoms with E-state index in [1.165, 1.54) is 0 Å². The van der Waals surface area contributed by atoms with Gasteiger partial charge in [0.2, 0.25) is 0 Å². The molecule has 2 heterocycles. The quantitative estimate of drug-likeness (QED) is 0.863. The molecule has 96 valence electrons. The fourth-order valence-electron chi connectivity index (χ4n) is 1.65. The second-order valence-corrected chi connectivity index (χ2v) is 4.18. The zero-order valence-electron chi connectivity index (χ0n) is 11.0. The number of nitrogens with one attached hydrogen (secondary N) is 1. The van der Waals surface area contributed by atoms with Gasteiger partial charge < -0.3 is 14.8 Å². The molecular formula is C12H18N6. The highest BCUT2D eigenvalue weighted by Gasteiger charge is 2.03. The topological polar surface area (TPSA) is 58.9 Å². The average molecular weight is 246 g/mol. The third kappa shape index (κ3) is 2.77. The van der Waals surface area contributed by atoms with Gasteiger partial charge in [-0.1, -0.05) is 0 Å². The first-order chi connectivity index (χ1) is 8.70. The Balaban J connectivity index is 2.04. The summed E-state index contributed by atoms with van der Waals surface area (Å²) in [5, 5.41) is 3.28. The molecule has 0 saturated heterocycles. The van der Waals surface area contributed by atoms with Crippen molar-refractivity contribution in [1.29, 1.82) is 0 Å². The van der Waals surface area contributed by atoms with E-state index in [4.69, 9.17) is 0 Å². The first-order valence-corrected chi connectivity index (χ1v) is 5.93. The van der Waals surface area contributed by atoms with E-state index in [0.29, 0.717) is 6.54 Å². The summed E-state index contributed by atoms with van der Waals surface area (Å²) in [4.78, 5) is 14.5. The molecule has 0 atom stereocenters. The van der Waals surface area contributed by atoms with Crippen LogP contribution in [0.25, 0.3) is 0 Å². The molecule has 0 aliphatic heterocycles. The van der Waals surface area contributed by atoms with Crippen molar-refractivity contribution in [2.24, 2.45) is 0 Å². The van der Waals surface area contributed by atoms with Crippen molar-refractivity contribution < 1.29 is 0 Å². The van der Waals surface area contributed by atoms with Crippen LogP contribution in [-0.4, -0.2) is 33.6 Å². The van der Waals surface area contributed by atoms with Crippen molar-refractivity contribution in [2.45, 2.75) is 20.0 Å². The lowest BCUT2D eigenvalue weighted by molar-refractivity contribution is 0.719. The summed E-state index contributed by atoms with van der Waals surface area (Å²) < 4.78 is 2.10. The van der Waals surface area contributed by atoms with Gasteiger partial charge in [-0.05, 0) is 6.92 Å². The van der Waals surface area contributed by atoms with Crippen LogP contribution in [0.4, 0.5) is 11.6 Å². The van der Waals surface area contributed by atoms with E-state index in [1.54, 1.807) is 6.33 Å². The number of nitrogens with zero attached hydrogens (tertiary/aromatic N) is 5. The first kappa shape index (κ1) is 12.3. The fraction of sp³-hybridized carbons (Fsp3) is 0.417. The Bertz CT molecular complexity index is 505. The fourth-order valence-corrected chi connectivity index (χ4v) is 1.65. The van der Waals surface area contributed by atoms with Crippen LogP contribution >= 0.6 is 0 Å². The van der Waals surface area contributed by atoms with E-state index in [0.717, 1.165) is 23.9 Å². The van der Waals surface area contributed by atoms with Crippen LogP contribution in [0.15, 0.2) is 24.9 Å². The highest BCUT2D eigenvalue weighted by atomic mass is 15.2. The monoisotopic (exact) mass is 246 g/mol. The maximum Gasteiger partial charge on any atom is 0.133 e. The van der Waals surface area contributed by atoms with Gasteiger partial charge in [0.15, 0.2) is 0 Å². The van der Waals surface area contributed by atoms with E-state index in [-0.39, 0.29) is 0 Å². The molecule has 0 saturated carbocycles. The van der Waals surface area contributed by atoms with E-state index >= 15 is 0 Å². The minimum absolute atomic E-state index is 0.706. The highest BCUT2D eigenvalue weighted by molar-refractivity contribution is 5.47. The lowest BCUT2D eigenvalue weighted by Gasteiger charge is -2.12. The van der Waals surface area contributed by atoms with Gasteiger partial charge in [-0.15, -0.1) is 0 Å². The van der Waals surface area contributed by atoms with Crippen LogP contribution < -0.4 is 10.2 Å². The lowest BCUT2D eigenvalue weighted by atomic mass is 10.4. The minimum atomic E-state index is 0.706. The average Bonchev–Trinajstić information content (AvgIpc) is 2.84. The Labute approximate surface area is 107 Å². The van der Waals surface area contributed by atoms with Gasteiger partial charge in [-0.25, -0.2) is 15.0 Å². The molecule has 0 aromatic carbocycles. The Morgan fingerprint density at radius 3 is 2.89 bits per heavy atom. The third-order valence-electron chi connectivity index (χ3n) is 2.70. The van der Waals surface area contributed by atoms with Gasteiger partial charge in [0.25, 0.3) is 0 Å². The number of aromatic nitrogens is 4. The Kier molecular flexibility index (Phi) is 3.76. The van der Waals surface area contributed by atoms with Gasteiger partial charge in [0.1, 0.15) is 18.0 Å². The molecule has 0 radical (unpaired) electrons. The summed E-state index contributed by atoms with van der Waals surface area (Å²) in [6, 6.07) is 1.92. The Hall–Kier alpha value is -2.11. The summed E-state index contributed by atoms with van der Waals surface area (Å²) in [7, 11) is 3.91. The largest absolute Gasteiger partial charge is 0.364 e. The van der Waals surface area contributed by atoms with Crippen molar-refractivity contribution in [3.05, 3.63) is 30.6 Å². The van der Waals surface area contributed by atoms with Gasteiger partial charge >= 0.3 is 0 Å². The molecule has 0 fully saturated rings. The van der Waals surface area contributed by atoms with Crippen LogP contribution in [0.3, 0.4) is 0 Å². The predicted molar refractivity (Wildman–Crippen MR) is 71.6 cm³/mol. The van der Waals surface area contributed by atoms with E-state index in [2.05, 4.69) is 31.8 Å². The summed E-state index contributed by atoms with van der Waals surface area (Å²) in [5.74, 6) is 1.70. The molecule has 1 N–H and O–H groups in total. The molecule has 2 aromatic rings. The van der Waals surface area contributed by atoms with Gasteiger partial charge in [-0.3, -0.25) is 0 Å². The Morgan fingerprint density at radius 2 is 2.17 bits per heavy atom. The van der Waals surface area contributed by atoms with Crippen LogP contribution in [0.5, 0.6) is 0 Å². The molecule has 0 spiro atoms. The third-order valence-corrected chi connectivity index (χ3v) is 2.70. The normalized spacial score (nSPS) is 10.4. The smallest absolute Gasteiger partial charge is 0.133 e. The van der Waals surface area contributed by atoms with Crippen molar-refractivity contribution in [2.75, 3.05) is 24.3 Å². The molecular weight excluding hydrogens is 228 g/mol. The predicted octanol–water partition coefficient (Wildman–Crippen LogP) is 1.37. The molecule has 18 heavy (non-hydrogen) atoms. The minimum Gasteiger partial charge on any atom is -0.364 e. The van der Waals surface area contributed by atoms with Gasteiger partial charge in [0, 0.05) is 32.9 Å². The van der Waals surface area contributed by atoms with Crippen molar-refractivity contribution in [1.82, 2.24) is 19.5 Å². The number of imidazole rings is 1. The molecule has 0 unspecified atom stereocenters. The van der Waals surface area contributed by atoms with E-state index in [1.807, 2.05) is 37.6 Å². The maximum absolute atomic E-state index is 4.20.